The summed E-state index contributed by atoms with van der Waals surface area (Å²) in [5.74, 6) is 0. The van der Waals surface area contributed by atoms with E-state index in [9.17, 15) is 0 Å². The molecule has 0 radical (unpaired) electrons. The second kappa shape index (κ2) is 19.7. The quantitative estimate of drug-likeness (QED) is 0.280. The Balaban J connectivity index is 0. The highest BCUT2D eigenvalue weighted by molar-refractivity contribution is 5.76. The average molecular weight is 118 g/mol. The van der Waals surface area contributed by atoms with Crippen LogP contribution < -0.4 is 0 Å². The van der Waals surface area contributed by atoms with E-state index in [1.807, 2.05) is 0 Å². The van der Waals surface area contributed by atoms with Gasteiger partial charge in [0.25, 0.3) is 0 Å². The lowest BCUT2D eigenvalue weighted by Gasteiger charge is -0.0149. The fraction of sp³-hybridized carbons (Fsp3) is 0. The first-order valence-corrected chi connectivity index (χ1v) is 0. The van der Waals surface area contributed by atoms with Gasteiger partial charge in [-0.2, -0.15) is 0 Å². The third-order valence-corrected chi connectivity index (χ3v) is 0. The van der Waals surface area contributed by atoms with Crippen LogP contribution in [0.1, 0.15) is 0 Å². The maximum atomic E-state index is 0. The molecular weight excluding hydrogens is 106 g/mol. The summed E-state index contributed by atoms with van der Waals surface area (Å²) in [4.78, 5) is 0. The lowest BCUT2D eigenvalue weighted by Crippen LogP contribution is -0.382. The Kier molecular flexibility index (Phi) is 181. The van der Waals surface area contributed by atoms with Gasteiger partial charge in [0.15, 0.2) is 34.7 Å². The van der Waals surface area contributed by atoms with Gasteiger partial charge in [0.05, 0.1) is 0 Å². The van der Waals surface area contributed by atoms with Gasteiger partial charge in [-0.15, -0.1) is 0 Å². The van der Waals surface area contributed by atoms with Gasteiger partial charge in [-0.25, -0.2) is 0 Å². The summed E-state index contributed by atoms with van der Waals surface area (Å²) in [6.45, 7) is 0. The topological polar surface area (TPSA) is 0 Å². The molecule has 0 bridgehead atoms. The summed E-state index contributed by atoms with van der Waals surface area (Å²) in [5, 5.41) is 0. The minimum Gasteiger partial charge on any atom is -0.0149 e. The smallest absolute Gasteiger partial charge is 0.0149 e. The van der Waals surface area contributed by atoms with Crippen molar-refractivity contribution in [1.29, 1.82) is 0 Å². The van der Waals surface area contributed by atoms with E-state index >= 15 is 0 Å². The Morgan fingerprint density at radius 3 is 0.750 bits per heavy atom. The molecule has 0 spiro atoms. The molecule has 0 atom stereocenters. The number of rotatable bonds is 0. The van der Waals surface area contributed by atoms with Crippen LogP contribution >= 0.6 is 0 Å². The van der Waals surface area contributed by atoms with Gasteiger partial charge >= 0.3 is 23.1 Å². The Morgan fingerprint density at radius 2 is 0.750 bits per heavy atom. The molecule has 4 heavy (non-hydrogen) atoms. The van der Waals surface area contributed by atoms with Gasteiger partial charge in [0.1, 0.15) is 0 Å². The summed E-state index contributed by atoms with van der Waals surface area (Å²) in [5.41, 5.74) is 0. The van der Waals surface area contributed by atoms with Crippen molar-refractivity contribution in [3.8, 4) is 0 Å². The molecule has 0 nitrogen and oxygen atoms in total. The van der Waals surface area contributed by atoms with Crippen molar-refractivity contribution in [2.75, 3.05) is 0 Å². The van der Waals surface area contributed by atoms with Gasteiger partial charge in [0.2, 0.25) is 0 Å². The van der Waals surface area contributed by atoms with Crippen LogP contribution in [0.2, 0.25) is 0 Å². The largest absolute Gasteiger partial charge is 0.316 e. The molecule has 0 aromatic rings. The summed E-state index contributed by atoms with van der Waals surface area (Å²) in [7, 11) is 0. The van der Waals surface area contributed by atoms with E-state index in [-0.39, 0.29) is 68.7 Å². The molecule has 0 amide bonds. The fourth-order valence-corrected chi connectivity index (χ4v) is 0. The van der Waals surface area contributed by atoms with E-state index in [2.05, 4.69) is 0 Å². The molecule has 0 aliphatic heterocycles. The van der Waals surface area contributed by atoms with Gasteiger partial charge in [0, 0.05) is 0 Å². The first kappa shape index (κ1) is 36.7. The molecule has 0 heterocycles. The first-order chi connectivity index (χ1) is 0. The molecule has 0 aromatic carbocycles. The van der Waals surface area contributed by atoms with E-state index in [1.165, 1.54) is 0 Å². The molecule has 4 heteroatoms. The zero-order valence-corrected chi connectivity index (χ0v) is 0. The molecule has 0 saturated carbocycles. The zero-order valence-electron chi connectivity index (χ0n) is 0. The summed E-state index contributed by atoms with van der Waals surface area (Å²) in [6, 6.07) is 0. The molecule has 0 rings (SSSR count). The van der Waals surface area contributed by atoms with E-state index in [0.29, 0.717) is 0 Å². The van der Waals surface area contributed by atoms with E-state index in [4.69, 9.17) is 0 Å². The van der Waals surface area contributed by atoms with Crippen LogP contribution in [-0.2, 0) is 0 Å². The predicted molar refractivity (Wildman–Crippen MR) is 39.8 cm³/mol. The highest BCUT2D eigenvalue weighted by Crippen LogP contribution is -0.378. The first-order valence-electron chi connectivity index (χ1n) is 0. The number of hydrogen-bond acceptors (Lipinski definition) is 0. The van der Waals surface area contributed by atoms with Crippen molar-refractivity contribution in [3.63, 3.8) is 0 Å². The third kappa shape index (κ3) is 8.97. The highest BCUT2D eigenvalue weighted by Gasteiger charge is 0.316. The molecule has 0 saturated heterocycles. The predicted octanol–water partition coefficient (Wildman–Crippen LogP) is -4.74. The molecule has 0 aliphatic rings. The Labute approximate surface area is 68.2 Å². The lowest BCUT2D eigenvalue weighted by molar-refractivity contribution is 5.75. The van der Waals surface area contributed by atoms with Gasteiger partial charge in [-0.3, -0.25) is 0 Å². The molecule has 0 aliphatic carbocycles. The van der Waals surface area contributed by atoms with Crippen molar-refractivity contribution in [1.82, 2.24) is 0 Å². The monoisotopic (exact) mass is 118 g/mol. The van der Waals surface area contributed by atoms with Crippen molar-refractivity contribution in [2.24, 2.45) is 0 Å². The van der Waals surface area contributed by atoms with Crippen LogP contribution in [0, 0.1) is 0 Å². The van der Waals surface area contributed by atoms with Crippen molar-refractivity contribution in [2.45, 2.75) is 0 Å². The van der Waals surface area contributed by atoms with Crippen LogP contribution in [0.15, 0.2) is 0 Å². The lowest BCUT2D eigenvalue weighted by atomic mass is 24.3. The summed E-state index contributed by atoms with van der Waals surface area (Å²) in [6.07, 6.45) is 0. The summed E-state index contributed by atoms with van der Waals surface area (Å²) >= 11 is 0. The third-order valence-electron chi connectivity index (χ3n) is 0. The van der Waals surface area contributed by atoms with Gasteiger partial charge < -0.3 is 0 Å². The van der Waals surface area contributed by atoms with E-state index in [1.54, 1.807) is 0 Å². The molecule has 24 valence electrons. The molecule has 0 aromatic heterocycles. The maximum Gasteiger partial charge on any atom is 0.316 e. The highest BCUT2D eigenvalue weighted by atomic mass is 28.1. The second-order valence-corrected chi connectivity index (χ2v) is 0. The molecular formula is H12Al2MgSi. The second-order valence-electron chi connectivity index (χ2n) is 0. The molecule has 0 N–H and O–H groups in total. The van der Waals surface area contributed by atoms with E-state index < -0.39 is 0 Å². The van der Waals surface area contributed by atoms with Crippen molar-refractivity contribution >= 4 is 68.7 Å². The minimum atomic E-state index is 0. The minimum absolute atomic E-state index is 0. The van der Waals surface area contributed by atoms with Crippen molar-refractivity contribution < 1.29 is 0 Å². The van der Waals surface area contributed by atoms with Crippen LogP contribution in [0.5, 0.6) is 0 Å². The normalized spacial score (nSPS) is 0. The average Bonchev–Trinajstić information content (AvgIpc) is 0. The Bertz CT molecular complexity index is 6.00. The van der Waals surface area contributed by atoms with Crippen LogP contribution in [-0.4, -0.2) is 68.7 Å². The fourth-order valence-electron chi connectivity index (χ4n) is 0. The van der Waals surface area contributed by atoms with Gasteiger partial charge in [-0.1, -0.05) is 0 Å². The standard InChI is InChI=1S/2Al.Mg.H4Si.8H/h;;;1H4;;;;;;;;. The maximum absolute atomic E-state index is 0. The zero-order chi connectivity index (χ0) is 0. The van der Waals surface area contributed by atoms with Crippen LogP contribution in [0.25, 0.3) is 0 Å². The van der Waals surface area contributed by atoms with Gasteiger partial charge in [-0.05, 0) is 11.0 Å². The summed E-state index contributed by atoms with van der Waals surface area (Å²) < 4.78 is 0. The van der Waals surface area contributed by atoms with Crippen LogP contribution in [0.4, 0.5) is 0 Å². The molecule has 0 fully saturated rings. The van der Waals surface area contributed by atoms with Crippen LogP contribution in [0.3, 0.4) is 0 Å². The number of hydrogen-bond donors (Lipinski definition) is 0. The Hall–Kier alpha value is 2.05. The molecule has 0 unspecified atom stereocenters. The van der Waals surface area contributed by atoms with E-state index in [0.717, 1.165) is 0 Å². The SMILES string of the molecule is [AlH3].[AlH3].[MgH2].[SiH4]. The Morgan fingerprint density at radius 1 is 0.750 bits per heavy atom. The van der Waals surface area contributed by atoms with Crippen molar-refractivity contribution in [3.05, 3.63) is 0 Å².